The van der Waals surface area contributed by atoms with E-state index >= 15 is 0 Å². The van der Waals surface area contributed by atoms with Gasteiger partial charge in [0.05, 0.1) is 0 Å². The summed E-state index contributed by atoms with van der Waals surface area (Å²) in [6.07, 6.45) is 2.96. The molecule has 20 heavy (non-hydrogen) atoms. The van der Waals surface area contributed by atoms with Gasteiger partial charge in [-0.3, -0.25) is 9.69 Å². The Bertz CT molecular complexity index is 425. The van der Waals surface area contributed by atoms with Crippen molar-refractivity contribution in [3.63, 3.8) is 0 Å². The second kappa shape index (κ2) is 7.79. The second-order valence-corrected chi connectivity index (χ2v) is 6.38. The molecular formula is C16H23BrN2O. The first kappa shape index (κ1) is 15.5. The third-order valence-corrected chi connectivity index (χ3v) is 4.36. The number of carbonyl (C=O) groups is 1. The highest BCUT2D eigenvalue weighted by Crippen LogP contribution is 2.20. The molecule has 1 N–H and O–H groups in total. The van der Waals surface area contributed by atoms with E-state index in [-0.39, 0.29) is 11.8 Å². The Morgan fingerprint density at radius 1 is 1.30 bits per heavy atom. The minimum absolute atomic E-state index is 0.211. The number of halogens is 1. The van der Waals surface area contributed by atoms with E-state index in [4.69, 9.17) is 0 Å². The van der Waals surface area contributed by atoms with Crippen molar-refractivity contribution in [2.24, 2.45) is 5.92 Å². The molecule has 3 nitrogen and oxygen atoms in total. The molecule has 0 saturated carbocycles. The summed E-state index contributed by atoms with van der Waals surface area (Å²) in [6.45, 7) is 5.90. The summed E-state index contributed by atoms with van der Waals surface area (Å²) in [4.78, 5) is 14.4. The Balaban J connectivity index is 1.76. The highest BCUT2D eigenvalue weighted by atomic mass is 79.9. The van der Waals surface area contributed by atoms with Crippen LogP contribution in [0.2, 0.25) is 0 Å². The van der Waals surface area contributed by atoms with E-state index in [0.717, 1.165) is 49.9 Å². The van der Waals surface area contributed by atoms with Crippen molar-refractivity contribution in [2.75, 3.05) is 19.6 Å². The van der Waals surface area contributed by atoms with Gasteiger partial charge in [-0.2, -0.15) is 0 Å². The average Bonchev–Trinajstić information content (AvgIpc) is 2.48. The van der Waals surface area contributed by atoms with Crippen LogP contribution in [0, 0.1) is 5.92 Å². The lowest BCUT2D eigenvalue weighted by Gasteiger charge is -2.31. The molecule has 1 aliphatic heterocycles. The van der Waals surface area contributed by atoms with Crippen molar-refractivity contribution < 1.29 is 4.79 Å². The van der Waals surface area contributed by atoms with E-state index in [1.165, 1.54) is 5.56 Å². The zero-order chi connectivity index (χ0) is 14.4. The van der Waals surface area contributed by atoms with Crippen molar-refractivity contribution >= 4 is 21.8 Å². The van der Waals surface area contributed by atoms with E-state index in [1.54, 1.807) is 0 Å². The Morgan fingerprint density at radius 2 is 1.95 bits per heavy atom. The molecule has 0 aromatic heterocycles. The molecule has 2 rings (SSSR count). The molecule has 0 unspecified atom stereocenters. The zero-order valence-corrected chi connectivity index (χ0v) is 13.7. The molecule has 0 bridgehead atoms. The number of carbonyl (C=O) groups excluding carboxylic acids is 1. The Morgan fingerprint density at radius 3 is 2.55 bits per heavy atom. The standard InChI is InChI=1S/C16H23BrN2O/c1-2-9-18-16(20)14-7-10-19(11-8-14)12-13-3-5-15(17)6-4-13/h3-6,14H,2,7-12H2,1H3,(H,18,20). The van der Waals surface area contributed by atoms with Crippen molar-refractivity contribution in [3.05, 3.63) is 34.3 Å². The molecule has 1 aromatic carbocycles. The van der Waals surface area contributed by atoms with Gasteiger partial charge in [-0.15, -0.1) is 0 Å². The lowest BCUT2D eigenvalue weighted by molar-refractivity contribution is -0.126. The van der Waals surface area contributed by atoms with Crippen molar-refractivity contribution in [3.8, 4) is 0 Å². The third kappa shape index (κ3) is 4.60. The topological polar surface area (TPSA) is 32.3 Å². The Kier molecular flexibility index (Phi) is 6.05. The van der Waals surface area contributed by atoms with Gasteiger partial charge in [0.15, 0.2) is 0 Å². The molecule has 0 aliphatic carbocycles. The molecule has 110 valence electrons. The first-order valence-electron chi connectivity index (χ1n) is 7.43. The molecule has 1 heterocycles. The maximum atomic E-state index is 11.9. The minimum Gasteiger partial charge on any atom is -0.356 e. The van der Waals surface area contributed by atoms with Crippen LogP contribution in [0.5, 0.6) is 0 Å². The lowest BCUT2D eigenvalue weighted by atomic mass is 9.95. The average molecular weight is 339 g/mol. The first-order valence-corrected chi connectivity index (χ1v) is 8.23. The summed E-state index contributed by atoms with van der Waals surface area (Å²) in [5, 5.41) is 3.01. The summed E-state index contributed by atoms with van der Waals surface area (Å²) < 4.78 is 1.12. The molecule has 0 spiro atoms. The van der Waals surface area contributed by atoms with Crippen LogP contribution in [0.1, 0.15) is 31.7 Å². The van der Waals surface area contributed by atoms with Gasteiger partial charge < -0.3 is 5.32 Å². The predicted molar refractivity (Wildman–Crippen MR) is 85.4 cm³/mol. The van der Waals surface area contributed by atoms with Crippen LogP contribution in [-0.2, 0) is 11.3 Å². The van der Waals surface area contributed by atoms with Gasteiger partial charge in [-0.25, -0.2) is 0 Å². The normalized spacial score (nSPS) is 17.1. The van der Waals surface area contributed by atoms with Crippen LogP contribution < -0.4 is 5.32 Å². The van der Waals surface area contributed by atoms with Crippen LogP contribution >= 0.6 is 15.9 Å². The lowest BCUT2D eigenvalue weighted by Crippen LogP contribution is -2.40. The Hall–Kier alpha value is -0.870. The number of likely N-dealkylation sites (tertiary alicyclic amines) is 1. The molecule has 1 fully saturated rings. The van der Waals surface area contributed by atoms with Crippen LogP contribution in [0.25, 0.3) is 0 Å². The molecule has 1 aromatic rings. The molecule has 0 atom stereocenters. The van der Waals surface area contributed by atoms with Crippen molar-refractivity contribution in [2.45, 2.75) is 32.7 Å². The summed E-state index contributed by atoms with van der Waals surface area (Å²) in [7, 11) is 0. The van der Waals surface area contributed by atoms with Gasteiger partial charge in [0.25, 0.3) is 0 Å². The largest absolute Gasteiger partial charge is 0.356 e. The van der Waals surface area contributed by atoms with Gasteiger partial charge in [0, 0.05) is 23.5 Å². The number of hydrogen-bond donors (Lipinski definition) is 1. The van der Waals surface area contributed by atoms with E-state index in [0.29, 0.717) is 0 Å². The van der Waals surface area contributed by atoms with Crippen molar-refractivity contribution in [1.29, 1.82) is 0 Å². The van der Waals surface area contributed by atoms with E-state index < -0.39 is 0 Å². The smallest absolute Gasteiger partial charge is 0.223 e. The monoisotopic (exact) mass is 338 g/mol. The molecular weight excluding hydrogens is 316 g/mol. The van der Waals surface area contributed by atoms with Gasteiger partial charge in [-0.1, -0.05) is 35.0 Å². The molecule has 1 saturated heterocycles. The van der Waals surface area contributed by atoms with E-state index in [9.17, 15) is 4.79 Å². The number of hydrogen-bond acceptors (Lipinski definition) is 2. The van der Waals surface area contributed by atoms with Crippen LogP contribution in [0.15, 0.2) is 28.7 Å². The zero-order valence-electron chi connectivity index (χ0n) is 12.1. The fourth-order valence-electron chi connectivity index (χ4n) is 2.59. The van der Waals surface area contributed by atoms with Gasteiger partial charge in [-0.05, 0) is 50.0 Å². The van der Waals surface area contributed by atoms with E-state index in [1.807, 2.05) is 0 Å². The van der Waals surface area contributed by atoms with Gasteiger partial charge in [0.1, 0.15) is 0 Å². The van der Waals surface area contributed by atoms with Crippen LogP contribution in [0.3, 0.4) is 0 Å². The SMILES string of the molecule is CCCNC(=O)C1CCN(Cc2ccc(Br)cc2)CC1. The van der Waals surface area contributed by atoms with E-state index in [2.05, 4.69) is 57.3 Å². The second-order valence-electron chi connectivity index (χ2n) is 5.47. The van der Waals surface area contributed by atoms with Gasteiger partial charge >= 0.3 is 0 Å². The fraction of sp³-hybridized carbons (Fsp3) is 0.562. The highest BCUT2D eigenvalue weighted by Gasteiger charge is 2.24. The first-order chi connectivity index (χ1) is 9.69. The number of nitrogens with zero attached hydrogens (tertiary/aromatic N) is 1. The van der Waals surface area contributed by atoms with Gasteiger partial charge in [0.2, 0.25) is 5.91 Å². The third-order valence-electron chi connectivity index (χ3n) is 3.83. The molecule has 1 amide bonds. The minimum atomic E-state index is 0.211. The maximum Gasteiger partial charge on any atom is 0.223 e. The number of nitrogens with one attached hydrogen (secondary N) is 1. The molecule has 4 heteroatoms. The number of benzene rings is 1. The molecule has 0 radical (unpaired) electrons. The summed E-state index contributed by atoms with van der Waals surface area (Å²) in [6, 6.07) is 8.48. The quantitative estimate of drug-likeness (QED) is 0.894. The number of amides is 1. The fourth-order valence-corrected chi connectivity index (χ4v) is 2.86. The highest BCUT2D eigenvalue weighted by molar-refractivity contribution is 9.10. The summed E-state index contributed by atoms with van der Waals surface area (Å²) in [5.41, 5.74) is 1.34. The molecule has 1 aliphatic rings. The predicted octanol–water partition coefficient (Wildman–Crippen LogP) is 3.19. The van der Waals surface area contributed by atoms with Crippen LogP contribution in [-0.4, -0.2) is 30.4 Å². The summed E-state index contributed by atoms with van der Waals surface area (Å²) >= 11 is 3.46. The number of piperidine rings is 1. The maximum absolute atomic E-state index is 11.9. The van der Waals surface area contributed by atoms with Crippen LogP contribution in [0.4, 0.5) is 0 Å². The Labute approximate surface area is 129 Å². The summed E-state index contributed by atoms with van der Waals surface area (Å²) in [5.74, 6) is 0.456. The van der Waals surface area contributed by atoms with Crippen molar-refractivity contribution in [1.82, 2.24) is 10.2 Å². The number of rotatable bonds is 5.